The normalized spacial score (nSPS) is 12.1. The summed E-state index contributed by atoms with van der Waals surface area (Å²) in [5.41, 5.74) is 1.31. The summed E-state index contributed by atoms with van der Waals surface area (Å²) >= 11 is 7.68. The van der Waals surface area contributed by atoms with E-state index >= 15 is 0 Å². The van der Waals surface area contributed by atoms with Crippen LogP contribution in [0.2, 0.25) is 5.02 Å². The number of thiazole rings is 1. The third-order valence-electron chi connectivity index (χ3n) is 3.88. The molecule has 28 heavy (non-hydrogen) atoms. The van der Waals surface area contributed by atoms with Crippen molar-refractivity contribution in [2.45, 2.75) is 6.54 Å². The molecule has 3 aromatic rings. The lowest BCUT2D eigenvalue weighted by molar-refractivity contribution is -0.384. The molecule has 1 aromatic heterocycles. The van der Waals surface area contributed by atoms with Gasteiger partial charge < -0.3 is 9.30 Å². The molecule has 0 aliphatic heterocycles. The summed E-state index contributed by atoms with van der Waals surface area (Å²) in [6.45, 7) is 0.947. The van der Waals surface area contributed by atoms with E-state index in [4.69, 9.17) is 16.3 Å². The fourth-order valence-electron chi connectivity index (χ4n) is 2.60. The first-order valence-electron chi connectivity index (χ1n) is 8.27. The minimum absolute atomic E-state index is 0.0388. The van der Waals surface area contributed by atoms with Gasteiger partial charge in [0.2, 0.25) is 0 Å². The number of non-ortho nitro benzene ring substituents is 1. The Labute approximate surface area is 169 Å². The summed E-state index contributed by atoms with van der Waals surface area (Å²) in [6.07, 6.45) is 2.78. The Morgan fingerprint density at radius 1 is 1.36 bits per heavy atom. The van der Waals surface area contributed by atoms with Crippen LogP contribution in [0.3, 0.4) is 0 Å². The summed E-state index contributed by atoms with van der Waals surface area (Å²) in [5.74, 6) is -0.472. The molecule has 0 N–H and O–H groups in total. The number of aromatic nitrogens is 1. The van der Waals surface area contributed by atoms with E-state index in [1.165, 1.54) is 35.6 Å². The van der Waals surface area contributed by atoms with Crippen LogP contribution in [0.15, 0.2) is 53.5 Å². The molecule has 1 heterocycles. The van der Waals surface area contributed by atoms with E-state index in [2.05, 4.69) is 4.99 Å². The van der Waals surface area contributed by atoms with E-state index in [0.29, 0.717) is 28.5 Å². The number of nitro benzene ring substituents is 1. The number of carbonyl (C=O) groups is 1. The first kappa shape index (κ1) is 19.9. The number of rotatable bonds is 6. The summed E-state index contributed by atoms with van der Waals surface area (Å²) in [7, 11) is 1.60. The molecule has 1 amide bonds. The van der Waals surface area contributed by atoms with Crippen LogP contribution < -0.4 is 4.80 Å². The Hall–Kier alpha value is -2.81. The van der Waals surface area contributed by atoms with Crippen molar-refractivity contribution < 1.29 is 14.5 Å². The number of nitrogens with zero attached hydrogens (tertiary/aromatic N) is 3. The highest BCUT2D eigenvalue weighted by atomic mass is 35.5. The van der Waals surface area contributed by atoms with Crippen LogP contribution in [0.1, 0.15) is 5.56 Å². The minimum Gasteiger partial charge on any atom is -0.383 e. The molecular weight excluding hydrogens is 402 g/mol. The second-order valence-electron chi connectivity index (χ2n) is 5.75. The first-order chi connectivity index (χ1) is 13.5. The minimum atomic E-state index is -0.483. The molecule has 0 aliphatic rings. The Morgan fingerprint density at radius 2 is 2.14 bits per heavy atom. The van der Waals surface area contributed by atoms with Gasteiger partial charge in [0.15, 0.2) is 4.80 Å². The number of para-hydroxylation sites is 1. The second-order valence-corrected chi connectivity index (χ2v) is 7.17. The monoisotopic (exact) mass is 417 g/mol. The molecule has 7 nitrogen and oxygen atoms in total. The molecule has 0 atom stereocenters. The van der Waals surface area contributed by atoms with Crippen molar-refractivity contribution >= 4 is 50.8 Å². The number of hydrogen-bond donors (Lipinski definition) is 0. The van der Waals surface area contributed by atoms with Crippen molar-refractivity contribution in [2.24, 2.45) is 4.99 Å². The van der Waals surface area contributed by atoms with Crippen LogP contribution in [-0.2, 0) is 16.1 Å². The van der Waals surface area contributed by atoms with E-state index < -0.39 is 10.8 Å². The van der Waals surface area contributed by atoms with Crippen LogP contribution in [0.5, 0.6) is 0 Å². The van der Waals surface area contributed by atoms with Gasteiger partial charge in [0, 0.05) is 31.9 Å². The molecule has 0 fully saturated rings. The number of fused-ring (bicyclic) bond motifs is 1. The lowest BCUT2D eigenvalue weighted by Gasteiger charge is -2.05. The van der Waals surface area contributed by atoms with E-state index in [1.807, 2.05) is 16.7 Å². The van der Waals surface area contributed by atoms with Crippen molar-refractivity contribution in [1.29, 1.82) is 0 Å². The van der Waals surface area contributed by atoms with Gasteiger partial charge in [0.05, 0.1) is 26.8 Å². The van der Waals surface area contributed by atoms with Crippen LogP contribution in [0, 0.1) is 10.1 Å². The molecule has 0 spiro atoms. The summed E-state index contributed by atoms with van der Waals surface area (Å²) in [6, 6.07) is 11.6. The maximum absolute atomic E-state index is 12.3. The van der Waals surface area contributed by atoms with Gasteiger partial charge in [-0.1, -0.05) is 41.1 Å². The number of ether oxygens (including phenoxy) is 1. The number of amides is 1. The predicted octanol–water partition coefficient (Wildman–Crippen LogP) is 4.05. The smallest absolute Gasteiger partial charge is 0.272 e. The molecule has 9 heteroatoms. The lowest BCUT2D eigenvalue weighted by atomic mass is 10.2. The van der Waals surface area contributed by atoms with Gasteiger partial charge in [-0.25, -0.2) is 0 Å². The summed E-state index contributed by atoms with van der Waals surface area (Å²) in [5, 5.41) is 11.4. The van der Waals surface area contributed by atoms with E-state index in [0.717, 1.165) is 10.2 Å². The molecule has 3 rings (SSSR count). The highest BCUT2D eigenvalue weighted by Crippen LogP contribution is 2.25. The van der Waals surface area contributed by atoms with Gasteiger partial charge in [-0.05, 0) is 23.8 Å². The fourth-order valence-corrected chi connectivity index (χ4v) is 4.02. The molecule has 0 aliphatic carbocycles. The summed E-state index contributed by atoms with van der Waals surface area (Å²) < 4.78 is 7.91. The zero-order valence-corrected chi connectivity index (χ0v) is 16.4. The van der Waals surface area contributed by atoms with Gasteiger partial charge in [-0.2, -0.15) is 4.99 Å². The van der Waals surface area contributed by atoms with Crippen LogP contribution >= 0.6 is 22.9 Å². The topological polar surface area (TPSA) is 86.7 Å². The van der Waals surface area contributed by atoms with Gasteiger partial charge >= 0.3 is 0 Å². The highest BCUT2D eigenvalue weighted by Gasteiger charge is 2.10. The third-order valence-corrected chi connectivity index (χ3v) is 5.22. The number of halogens is 1. The number of carbonyl (C=O) groups excluding carboxylic acids is 1. The Bertz CT molecular complexity index is 1130. The highest BCUT2D eigenvalue weighted by molar-refractivity contribution is 7.16. The molecular formula is C19H16ClN3O4S. The van der Waals surface area contributed by atoms with Crippen LogP contribution in [-0.4, -0.2) is 29.1 Å². The van der Waals surface area contributed by atoms with Gasteiger partial charge in [-0.3, -0.25) is 14.9 Å². The SMILES string of the molecule is COCCn1c(=NC(=O)C=Cc2cccc([N+](=O)[O-])c2)sc2cccc(Cl)c21. The Kier molecular flexibility index (Phi) is 6.35. The maximum Gasteiger partial charge on any atom is 0.272 e. The third kappa shape index (κ3) is 4.53. The quantitative estimate of drug-likeness (QED) is 0.344. The first-order valence-corrected chi connectivity index (χ1v) is 9.47. The van der Waals surface area contributed by atoms with E-state index in [1.54, 1.807) is 25.3 Å². The van der Waals surface area contributed by atoms with E-state index in [9.17, 15) is 14.9 Å². The van der Waals surface area contributed by atoms with Crippen LogP contribution in [0.25, 0.3) is 16.3 Å². The van der Waals surface area contributed by atoms with Crippen molar-refractivity contribution in [3.05, 3.63) is 74.0 Å². The number of nitro groups is 1. The van der Waals surface area contributed by atoms with Crippen LogP contribution in [0.4, 0.5) is 5.69 Å². The fraction of sp³-hybridized carbons (Fsp3) is 0.158. The lowest BCUT2D eigenvalue weighted by Crippen LogP contribution is -2.19. The standard InChI is InChI=1S/C19H16ClN3O4S/c1-27-11-10-22-18-15(20)6-3-7-16(18)28-19(22)21-17(24)9-8-13-4-2-5-14(12-13)23(25)26/h2-9,12H,10-11H2,1H3. The zero-order valence-electron chi connectivity index (χ0n) is 14.9. The molecule has 0 saturated carbocycles. The number of benzene rings is 2. The van der Waals surface area contributed by atoms with Crippen molar-refractivity contribution in [1.82, 2.24) is 4.57 Å². The second kappa shape index (κ2) is 8.92. The van der Waals surface area contributed by atoms with Crippen molar-refractivity contribution in [3.8, 4) is 0 Å². The van der Waals surface area contributed by atoms with Crippen molar-refractivity contribution in [2.75, 3.05) is 13.7 Å². The van der Waals surface area contributed by atoms with E-state index in [-0.39, 0.29) is 5.69 Å². The predicted molar refractivity (Wildman–Crippen MR) is 109 cm³/mol. The molecule has 0 bridgehead atoms. The average molecular weight is 418 g/mol. The van der Waals surface area contributed by atoms with Gasteiger partial charge in [-0.15, -0.1) is 0 Å². The summed E-state index contributed by atoms with van der Waals surface area (Å²) in [4.78, 5) is 27.4. The molecule has 2 aromatic carbocycles. The van der Waals surface area contributed by atoms with Gasteiger partial charge in [0.1, 0.15) is 0 Å². The largest absolute Gasteiger partial charge is 0.383 e. The molecule has 0 saturated heterocycles. The average Bonchev–Trinajstić information content (AvgIpc) is 3.03. The molecule has 0 unspecified atom stereocenters. The number of methoxy groups -OCH3 is 1. The Morgan fingerprint density at radius 3 is 2.89 bits per heavy atom. The van der Waals surface area contributed by atoms with Crippen molar-refractivity contribution in [3.63, 3.8) is 0 Å². The Balaban J connectivity index is 1.95. The van der Waals surface area contributed by atoms with Gasteiger partial charge in [0.25, 0.3) is 11.6 Å². The zero-order chi connectivity index (χ0) is 20.1. The number of hydrogen-bond acceptors (Lipinski definition) is 5. The maximum atomic E-state index is 12.3. The molecule has 0 radical (unpaired) electrons. The molecule has 144 valence electrons.